The van der Waals surface area contributed by atoms with E-state index in [0.717, 1.165) is 11.3 Å². The predicted molar refractivity (Wildman–Crippen MR) is 111 cm³/mol. The van der Waals surface area contributed by atoms with Crippen LogP contribution >= 0.6 is 0 Å². The van der Waals surface area contributed by atoms with Gasteiger partial charge in [0.2, 0.25) is 0 Å². The molecule has 7 heteroatoms. The number of aliphatic carboxylic acids is 2. The van der Waals surface area contributed by atoms with Crippen molar-refractivity contribution in [1.82, 2.24) is 0 Å². The number of anilines is 1. The minimum atomic E-state index is -1.09. The number of hydrogen-bond acceptors (Lipinski definition) is 4. The zero-order valence-electron chi connectivity index (χ0n) is 16.8. The first-order chi connectivity index (χ1) is 13.6. The molecule has 0 saturated heterocycles. The Kier molecular flexibility index (Phi) is 7.09. The van der Waals surface area contributed by atoms with Gasteiger partial charge in [0.05, 0.1) is 17.5 Å². The number of nitrogens with zero attached hydrogens (tertiary/aromatic N) is 2. The average Bonchev–Trinajstić information content (AvgIpc) is 3.10. The van der Waals surface area contributed by atoms with E-state index in [2.05, 4.69) is 5.10 Å². The summed E-state index contributed by atoms with van der Waals surface area (Å²) >= 11 is 0. The Morgan fingerprint density at radius 3 is 2.31 bits per heavy atom. The van der Waals surface area contributed by atoms with Crippen molar-refractivity contribution < 1.29 is 24.6 Å². The summed E-state index contributed by atoms with van der Waals surface area (Å²) in [5, 5.41) is 23.6. The number of benzene rings is 1. The number of carboxylic acids is 2. The molecule has 0 saturated carbocycles. The van der Waals surface area contributed by atoms with Gasteiger partial charge in [-0.3, -0.25) is 9.59 Å². The van der Waals surface area contributed by atoms with Crippen LogP contribution in [0.4, 0.5) is 5.69 Å². The Hall–Kier alpha value is -3.22. The topological polar surface area (TPSA) is 107 Å². The SMILES string of the molecule is CC(C)CC1=CC=C(C(=O)O)CC1(C)C(=O)O.O=C1CC=NN1c1ccccc1. The lowest BCUT2D eigenvalue weighted by molar-refractivity contribution is -0.146. The lowest BCUT2D eigenvalue weighted by Crippen LogP contribution is -2.33. The number of amides is 1. The van der Waals surface area contributed by atoms with Gasteiger partial charge < -0.3 is 10.2 Å². The first-order valence-corrected chi connectivity index (χ1v) is 9.42. The van der Waals surface area contributed by atoms with Crippen molar-refractivity contribution in [3.05, 3.63) is 53.6 Å². The summed E-state index contributed by atoms with van der Waals surface area (Å²) in [4.78, 5) is 33.5. The summed E-state index contributed by atoms with van der Waals surface area (Å²) < 4.78 is 0. The maximum Gasteiger partial charge on any atom is 0.331 e. The maximum atomic E-state index is 11.4. The third kappa shape index (κ3) is 5.40. The normalized spacial score (nSPS) is 20.7. The second-order valence-electron chi connectivity index (χ2n) is 7.64. The van der Waals surface area contributed by atoms with Gasteiger partial charge in [-0.25, -0.2) is 9.80 Å². The lowest BCUT2D eigenvalue weighted by Gasteiger charge is -2.31. The van der Waals surface area contributed by atoms with Gasteiger partial charge in [-0.15, -0.1) is 0 Å². The highest BCUT2D eigenvalue weighted by atomic mass is 16.4. The van der Waals surface area contributed by atoms with Crippen LogP contribution in [0.1, 0.15) is 40.0 Å². The monoisotopic (exact) mass is 398 g/mol. The molecule has 1 aliphatic heterocycles. The van der Waals surface area contributed by atoms with Crippen LogP contribution in [0.5, 0.6) is 0 Å². The minimum absolute atomic E-state index is 0.0289. The van der Waals surface area contributed by atoms with E-state index in [-0.39, 0.29) is 17.9 Å². The molecule has 1 atom stereocenters. The van der Waals surface area contributed by atoms with Crippen LogP contribution in [0, 0.1) is 11.3 Å². The molecule has 0 radical (unpaired) electrons. The standard InChI is InChI=1S/C13H18O4.C9H8N2O/c1-8(2)6-10-5-4-9(11(14)15)7-13(10,3)12(16)17;12-9-6-7-10-11(9)8-4-2-1-3-5-8/h4-5,8H,6-7H2,1-3H3,(H,14,15)(H,16,17);1-5,7H,6H2. The van der Waals surface area contributed by atoms with Crippen molar-refractivity contribution in [2.75, 3.05) is 5.01 Å². The van der Waals surface area contributed by atoms with E-state index in [0.29, 0.717) is 18.8 Å². The molecule has 154 valence electrons. The van der Waals surface area contributed by atoms with Crippen molar-refractivity contribution in [2.24, 2.45) is 16.4 Å². The molecular formula is C22H26N2O5. The summed E-state index contributed by atoms with van der Waals surface area (Å²) in [6, 6.07) is 9.40. The Labute approximate surface area is 170 Å². The molecule has 0 fully saturated rings. The van der Waals surface area contributed by atoms with E-state index in [1.807, 2.05) is 44.2 Å². The Bertz CT molecular complexity index is 870. The molecule has 0 spiro atoms. The van der Waals surface area contributed by atoms with Gasteiger partial charge in [-0.2, -0.15) is 5.10 Å². The molecular weight excluding hydrogens is 372 g/mol. The zero-order valence-corrected chi connectivity index (χ0v) is 16.8. The smallest absolute Gasteiger partial charge is 0.331 e. The molecule has 2 aliphatic rings. The fourth-order valence-corrected chi connectivity index (χ4v) is 3.16. The maximum absolute atomic E-state index is 11.4. The third-order valence-corrected chi connectivity index (χ3v) is 4.81. The molecule has 1 aromatic rings. The Morgan fingerprint density at radius 2 is 1.83 bits per heavy atom. The number of hydrazone groups is 1. The number of para-hydroxylation sites is 1. The molecule has 1 heterocycles. The van der Waals surface area contributed by atoms with Crippen molar-refractivity contribution in [3.8, 4) is 0 Å². The van der Waals surface area contributed by atoms with E-state index in [1.54, 1.807) is 19.2 Å². The molecule has 1 aliphatic carbocycles. The third-order valence-electron chi connectivity index (χ3n) is 4.81. The van der Waals surface area contributed by atoms with Crippen LogP contribution in [0.15, 0.2) is 58.7 Å². The number of hydrogen-bond donors (Lipinski definition) is 2. The number of carbonyl (C=O) groups excluding carboxylic acids is 1. The van der Waals surface area contributed by atoms with Crippen molar-refractivity contribution in [3.63, 3.8) is 0 Å². The van der Waals surface area contributed by atoms with Crippen LogP contribution in [-0.2, 0) is 14.4 Å². The van der Waals surface area contributed by atoms with E-state index in [4.69, 9.17) is 5.11 Å². The van der Waals surface area contributed by atoms with Gasteiger partial charge in [-0.1, -0.05) is 49.8 Å². The highest BCUT2D eigenvalue weighted by molar-refractivity contribution is 6.05. The minimum Gasteiger partial charge on any atom is -0.481 e. The highest BCUT2D eigenvalue weighted by Crippen LogP contribution is 2.40. The van der Waals surface area contributed by atoms with E-state index < -0.39 is 17.4 Å². The second-order valence-corrected chi connectivity index (χ2v) is 7.64. The number of carboxylic acid groups (broad SMARTS) is 2. The Morgan fingerprint density at radius 1 is 1.17 bits per heavy atom. The summed E-state index contributed by atoms with van der Waals surface area (Å²) in [6.45, 7) is 5.62. The Balaban J connectivity index is 0.000000218. The molecule has 29 heavy (non-hydrogen) atoms. The molecule has 0 bridgehead atoms. The summed E-state index contributed by atoms with van der Waals surface area (Å²) in [5.74, 6) is -1.63. The molecule has 1 aromatic carbocycles. The fraction of sp³-hybridized carbons (Fsp3) is 0.364. The number of rotatable bonds is 5. The van der Waals surface area contributed by atoms with Crippen molar-refractivity contribution >= 4 is 29.7 Å². The van der Waals surface area contributed by atoms with Crippen LogP contribution < -0.4 is 5.01 Å². The first-order valence-electron chi connectivity index (χ1n) is 9.42. The van der Waals surface area contributed by atoms with Crippen LogP contribution in [0.25, 0.3) is 0 Å². The molecule has 0 aromatic heterocycles. The molecule has 3 rings (SSSR count). The van der Waals surface area contributed by atoms with Crippen molar-refractivity contribution in [2.45, 2.75) is 40.0 Å². The number of allylic oxidation sites excluding steroid dienone is 2. The largest absolute Gasteiger partial charge is 0.481 e. The van der Waals surface area contributed by atoms with Gasteiger partial charge in [0.25, 0.3) is 5.91 Å². The van der Waals surface area contributed by atoms with E-state index in [9.17, 15) is 19.5 Å². The zero-order chi connectivity index (χ0) is 21.6. The summed E-state index contributed by atoms with van der Waals surface area (Å²) in [7, 11) is 0. The van der Waals surface area contributed by atoms with Crippen LogP contribution in [-0.4, -0.2) is 34.3 Å². The first kappa shape index (κ1) is 22.1. The molecule has 2 N–H and O–H groups in total. The number of carbonyl (C=O) groups is 3. The average molecular weight is 398 g/mol. The van der Waals surface area contributed by atoms with E-state index in [1.165, 1.54) is 11.1 Å². The van der Waals surface area contributed by atoms with Crippen molar-refractivity contribution in [1.29, 1.82) is 0 Å². The van der Waals surface area contributed by atoms with Gasteiger partial charge >= 0.3 is 11.9 Å². The predicted octanol–water partition coefficient (Wildman–Crippen LogP) is 3.87. The lowest BCUT2D eigenvalue weighted by atomic mass is 9.71. The van der Waals surface area contributed by atoms with Gasteiger partial charge in [0.1, 0.15) is 0 Å². The summed E-state index contributed by atoms with van der Waals surface area (Å²) in [6.07, 6.45) is 5.93. The second kappa shape index (κ2) is 9.32. The van der Waals surface area contributed by atoms with E-state index >= 15 is 0 Å². The van der Waals surface area contributed by atoms with Gasteiger partial charge in [-0.05, 0) is 37.8 Å². The van der Waals surface area contributed by atoms with Gasteiger partial charge in [0, 0.05) is 11.8 Å². The molecule has 1 amide bonds. The quantitative estimate of drug-likeness (QED) is 0.783. The fourth-order valence-electron chi connectivity index (χ4n) is 3.16. The van der Waals surface area contributed by atoms with Gasteiger partial charge in [0.15, 0.2) is 0 Å². The highest BCUT2D eigenvalue weighted by Gasteiger charge is 2.40. The summed E-state index contributed by atoms with van der Waals surface area (Å²) in [5.41, 5.74) is 0.691. The molecule has 7 nitrogen and oxygen atoms in total. The van der Waals surface area contributed by atoms with Crippen LogP contribution in [0.2, 0.25) is 0 Å². The van der Waals surface area contributed by atoms with Crippen LogP contribution in [0.3, 0.4) is 0 Å². The molecule has 1 unspecified atom stereocenters.